The van der Waals surface area contributed by atoms with Crippen molar-refractivity contribution in [1.82, 2.24) is 5.32 Å². The highest BCUT2D eigenvalue weighted by Crippen LogP contribution is 2.17. The number of nitrogens with one attached hydrogen (secondary N) is 1. The quantitative estimate of drug-likeness (QED) is 0.535. The maximum Gasteiger partial charge on any atom is 0.266 e. The molecule has 0 atom stereocenters. The Bertz CT molecular complexity index is 257. The molecule has 0 unspecified atom stereocenters. The minimum atomic E-state index is -0.388. The molecule has 1 rings (SSSR count). The van der Waals surface area contributed by atoms with Gasteiger partial charge in [0.25, 0.3) is 5.70 Å². The summed E-state index contributed by atoms with van der Waals surface area (Å²) in [5.41, 5.74) is 1.11. The van der Waals surface area contributed by atoms with Gasteiger partial charge in [-0.25, -0.2) is 0 Å². The van der Waals surface area contributed by atoms with Crippen molar-refractivity contribution >= 4 is 15.9 Å². The Balaban J connectivity index is 2.89. The van der Waals surface area contributed by atoms with Gasteiger partial charge in [0.15, 0.2) is 0 Å². The van der Waals surface area contributed by atoms with Crippen LogP contribution in [-0.4, -0.2) is 11.5 Å². The van der Waals surface area contributed by atoms with E-state index in [9.17, 15) is 10.1 Å². The molecule has 1 heterocycles. The maximum atomic E-state index is 10.3. The molecule has 0 aliphatic carbocycles. The molecule has 1 N–H and O–H groups in total. The smallest absolute Gasteiger partial charge is 0.266 e. The van der Waals surface area contributed by atoms with E-state index >= 15 is 0 Å². The largest absolute Gasteiger partial charge is 0.378 e. The molecule has 0 saturated heterocycles. The Kier molecular flexibility index (Phi) is 2.28. The lowest BCUT2D eigenvalue weighted by atomic mass is 10.3. The minimum Gasteiger partial charge on any atom is -0.378 e. The summed E-state index contributed by atoms with van der Waals surface area (Å²) in [6.45, 7) is 2.16. The Morgan fingerprint density at radius 2 is 2.45 bits per heavy atom. The van der Waals surface area contributed by atoms with Crippen molar-refractivity contribution < 1.29 is 4.92 Å². The molecular weight excluding hydrogens is 212 g/mol. The standard InChI is InChI=1S/C6H7BrN2O2/c1-4-6(7)2-5(3-8-4)9(10)11/h2,8H,3H2,1H3. The third kappa shape index (κ3) is 1.80. The first-order chi connectivity index (χ1) is 5.11. The van der Waals surface area contributed by atoms with Gasteiger partial charge in [0.1, 0.15) is 6.54 Å². The number of rotatable bonds is 1. The van der Waals surface area contributed by atoms with Crippen LogP contribution in [0.1, 0.15) is 6.92 Å². The number of dihydropyridines is 1. The lowest BCUT2D eigenvalue weighted by Gasteiger charge is -2.10. The van der Waals surface area contributed by atoms with E-state index < -0.39 is 0 Å². The van der Waals surface area contributed by atoms with Gasteiger partial charge in [0.05, 0.1) is 4.92 Å². The van der Waals surface area contributed by atoms with Crippen LogP contribution in [0.4, 0.5) is 0 Å². The monoisotopic (exact) mass is 218 g/mol. The molecule has 4 nitrogen and oxygen atoms in total. The van der Waals surface area contributed by atoms with Crippen molar-refractivity contribution in [1.29, 1.82) is 0 Å². The van der Waals surface area contributed by atoms with Crippen molar-refractivity contribution in [2.45, 2.75) is 6.92 Å². The first-order valence-electron chi connectivity index (χ1n) is 3.06. The summed E-state index contributed by atoms with van der Waals surface area (Å²) in [7, 11) is 0. The first-order valence-corrected chi connectivity index (χ1v) is 3.86. The minimum absolute atomic E-state index is 0.183. The van der Waals surface area contributed by atoms with Crippen LogP contribution in [0.5, 0.6) is 0 Å². The van der Waals surface area contributed by atoms with Gasteiger partial charge in [-0.1, -0.05) is 0 Å². The van der Waals surface area contributed by atoms with E-state index in [2.05, 4.69) is 21.2 Å². The summed E-state index contributed by atoms with van der Waals surface area (Å²) >= 11 is 3.20. The molecular formula is C6H7BrN2O2. The van der Waals surface area contributed by atoms with Crippen LogP contribution < -0.4 is 5.32 Å². The van der Waals surface area contributed by atoms with Crippen molar-refractivity contribution in [2.75, 3.05) is 6.54 Å². The van der Waals surface area contributed by atoms with Gasteiger partial charge in [-0.15, -0.1) is 0 Å². The lowest BCUT2D eigenvalue weighted by Crippen LogP contribution is -2.22. The van der Waals surface area contributed by atoms with Crippen LogP contribution in [0.15, 0.2) is 22.0 Å². The molecule has 0 saturated carbocycles. The van der Waals surface area contributed by atoms with Gasteiger partial charge in [0, 0.05) is 16.3 Å². The van der Waals surface area contributed by atoms with Gasteiger partial charge >= 0.3 is 0 Å². The van der Waals surface area contributed by atoms with Crippen LogP contribution in [0.25, 0.3) is 0 Å². The molecule has 1 aliphatic rings. The summed E-state index contributed by atoms with van der Waals surface area (Å²) in [5, 5.41) is 13.1. The second-order valence-electron chi connectivity index (χ2n) is 2.22. The third-order valence-electron chi connectivity index (χ3n) is 1.42. The zero-order valence-electron chi connectivity index (χ0n) is 5.93. The van der Waals surface area contributed by atoms with Gasteiger partial charge < -0.3 is 5.32 Å². The van der Waals surface area contributed by atoms with E-state index in [-0.39, 0.29) is 10.6 Å². The molecule has 0 spiro atoms. The highest BCUT2D eigenvalue weighted by atomic mass is 79.9. The fraction of sp³-hybridized carbons (Fsp3) is 0.333. The lowest BCUT2D eigenvalue weighted by molar-refractivity contribution is -0.426. The summed E-state index contributed by atoms with van der Waals surface area (Å²) in [6.07, 6.45) is 1.52. The number of allylic oxidation sites excluding steroid dienone is 3. The molecule has 0 amide bonds. The maximum absolute atomic E-state index is 10.3. The Hall–Kier alpha value is -0.840. The van der Waals surface area contributed by atoms with Crippen molar-refractivity contribution in [2.24, 2.45) is 0 Å². The summed E-state index contributed by atoms with van der Waals surface area (Å²) in [5.74, 6) is 0. The molecule has 0 aromatic carbocycles. The average Bonchev–Trinajstić information content (AvgIpc) is 1.94. The van der Waals surface area contributed by atoms with E-state index in [1.54, 1.807) is 0 Å². The Labute approximate surface area is 72.2 Å². The topological polar surface area (TPSA) is 55.2 Å². The number of hydrogen-bond donors (Lipinski definition) is 1. The van der Waals surface area contributed by atoms with Crippen LogP contribution in [0.3, 0.4) is 0 Å². The van der Waals surface area contributed by atoms with Gasteiger partial charge in [0.2, 0.25) is 0 Å². The zero-order valence-corrected chi connectivity index (χ0v) is 7.51. The fourth-order valence-electron chi connectivity index (χ4n) is 0.730. The van der Waals surface area contributed by atoms with Gasteiger partial charge in [-0.05, 0) is 22.9 Å². The number of hydrogen-bond acceptors (Lipinski definition) is 3. The Morgan fingerprint density at radius 1 is 1.82 bits per heavy atom. The zero-order chi connectivity index (χ0) is 8.43. The fourth-order valence-corrected chi connectivity index (χ4v) is 1.13. The van der Waals surface area contributed by atoms with Crippen LogP contribution in [0, 0.1) is 10.1 Å². The molecule has 0 bridgehead atoms. The van der Waals surface area contributed by atoms with Crippen LogP contribution in [0.2, 0.25) is 0 Å². The first kappa shape index (κ1) is 8.26. The second kappa shape index (κ2) is 3.04. The van der Waals surface area contributed by atoms with Crippen LogP contribution >= 0.6 is 15.9 Å². The Morgan fingerprint density at radius 3 is 2.91 bits per heavy atom. The number of nitro groups is 1. The van der Waals surface area contributed by atoms with Gasteiger partial charge in [-0.2, -0.15) is 0 Å². The van der Waals surface area contributed by atoms with Gasteiger partial charge in [-0.3, -0.25) is 10.1 Å². The average molecular weight is 219 g/mol. The molecule has 11 heavy (non-hydrogen) atoms. The van der Waals surface area contributed by atoms with E-state index in [0.29, 0.717) is 6.54 Å². The summed E-state index contributed by atoms with van der Waals surface area (Å²) in [6, 6.07) is 0. The molecule has 0 aromatic heterocycles. The molecule has 60 valence electrons. The number of nitrogens with zero attached hydrogens (tertiary/aromatic N) is 1. The highest BCUT2D eigenvalue weighted by molar-refractivity contribution is 9.11. The van der Waals surface area contributed by atoms with E-state index in [1.807, 2.05) is 6.92 Å². The summed E-state index contributed by atoms with van der Waals surface area (Å²) < 4.78 is 0.746. The normalized spacial score (nSPS) is 17.5. The predicted octanol–water partition coefficient (Wildman–Crippen LogP) is 1.38. The molecule has 0 fully saturated rings. The molecule has 1 aliphatic heterocycles. The van der Waals surface area contributed by atoms with E-state index in [1.165, 1.54) is 6.08 Å². The van der Waals surface area contributed by atoms with Crippen molar-refractivity contribution in [3.05, 3.63) is 32.1 Å². The number of halogens is 1. The SMILES string of the molecule is CC1=C(Br)C=C([N+](=O)[O-])CN1. The van der Waals surface area contributed by atoms with E-state index in [0.717, 1.165) is 10.2 Å². The molecule has 5 heteroatoms. The highest BCUT2D eigenvalue weighted by Gasteiger charge is 2.15. The molecule has 0 aromatic rings. The third-order valence-corrected chi connectivity index (χ3v) is 2.24. The van der Waals surface area contributed by atoms with Crippen LogP contribution in [-0.2, 0) is 0 Å². The predicted molar refractivity (Wildman–Crippen MR) is 44.7 cm³/mol. The summed E-state index contributed by atoms with van der Waals surface area (Å²) in [4.78, 5) is 9.87. The molecule has 0 radical (unpaired) electrons. The van der Waals surface area contributed by atoms with E-state index in [4.69, 9.17) is 0 Å². The second-order valence-corrected chi connectivity index (χ2v) is 3.07. The van der Waals surface area contributed by atoms with Crippen molar-refractivity contribution in [3.8, 4) is 0 Å². The van der Waals surface area contributed by atoms with Crippen molar-refractivity contribution in [3.63, 3.8) is 0 Å².